The molecule has 4 bridgehead atoms. The fourth-order valence-electron chi connectivity index (χ4n) is 5.21. The van der Waals surface area contributed by atoms with E-state index >= 15 is 0 Å². The SMILES string of the molecule is C1C2CC3CC1CC(C[C@H]1CO1)(C2)C3. The first-order valence-electron chi connectivity index (χ1n) is 6.43. The molecule has 0 aromatic heterocycles. The van der Waals surface area contributed by atoms with Gasteiger partial charge in [-0.05, 0) is 68.1 Å². The Balaban J connectivity index is 1.60. The lowest BCUT2D eigenvalue weighted by Crippen LogP contribution is -2.46. The molecule has 4 aliphatic carbocycles. The molecule has 4 saturated carbocycles. The lowest BCUT2D eigenvalue weighted by Gasteiger charge is -2.57. The fourth-order valence-corrected chi connectivity index (χ4v) is 5.21. The zero-order chi connectivity index (χ0) is 9.17. The van der Waals surface area contributed by atoms with Crippen LogP contribution < -0.4 is 0 Å². The fraction of sp³-hybridized carbons (Fsp3) is 1.00. The molecule has 1 aliphatic heterocycles. The van der Waals surface area contributed by atoms with Crippen molar-refractivity contribution >= 4 is 0 Å². The summed E-state index contributed by atoms with van der Waals surface area (Å²) in [7, 11) is 0. The standard InChI is InChI=1S/C13H20O/c1-9-2-11-3-10(1)5-13(4-9,6-11)7-12-8-14-12/h9-12H,1-8H2/t9?,10?,11?,12-,13?/m0/s1. The van der Waals surface area contributed by atoms with Crippen LogP contribution in [0.3, 0.4) is 0 Å². The van der Waals surface area contributed by atoms with Gasteiger partial charge in [-0.3, -0.25) is 0 Å². The van der Waals surface area contributed by atoms with Crippen molar-refractivity contribution in [3.63, 3.8) is 0 Å². The minimum absolute atomic E-state index is 0.672. The maximum absolute atomic E-state index is 5.45. The number of hydrogen-bond acceptors (Lipinski definition) is 1. The largest absolute Gasteiger partial charge is 0.373 e. The highest BCUT2D eigenvalue weighted by Crippen LogP contribution is 2.62. The van der Waals surface area contributed by atoms with Crippen LogP contribution in [0.2, 0.25) is 0 Å². The summed E-state index contributed by atoms with van der Waals surface area (Å²) in [6.07, 6.45) is 11.5. The molecule has 1 nitrogen and oxygen atoms in total. The molecule has 0 unspecified atom stereocenters. The summed E-state index contributed by atoms with van der Waals surface area (Å²) in [5.74, 6) is 3.33. The number of epoxide rings is 1. The quantitative estimate of drug-likeness (QED) is 0.613. The second-order valence-corrected chi connectivity index (χ2v) is 6.58. The summed E-state index contributed by atoms with van der Waals surface area (Å²) < 4.78 is 5.45. The molecule has 5 aliphatic rings. The summed E-state index contributed by atoms with van der Waals surface area (Å²) >= 11 is 0. The number of hydrogen-bond donors (Lipinski definition) is 0. The van der Waals surface area contributed by atoms with Gasteiger partial charge < -0.3 is 4.74 Å². The van der Waals surface area contributed by atoms with Gasteiger partial charge in [0.25, 0.3) is 0 Å². The third-order valence-corrected chi connectivity index (χ3v) is 5.23. The molecular formula is C13H20O. The highest BCUT2D eigenvalue weighted by atomic mass is 16.6. The van der Waals surface area contributed by atoms with E-state index in [0.29, 0.717) is 6.10 Å². The molecule has 0 radical (unpaired) electrons. The van der Waals surface area contributed by atoms with Gasteiger partial charge in [-0.1, -0.05) is 0 Å². The molecule has 0 aromatic rings. The average Bonchev–Trinajstić information content (AvgIpc) is 2.84. The maximum atomic E-state index is 5.45. The summed E-state index contributed by atoms with van der Waals surface area (Å²) in [4.78, 5) is 0. The monoisotopic (exact) mass is 192 g/mol. The van der Waals surface area contributed by atoms with E-state index in [9.17, 15) is 0 Å². The predicted molar refractivity (Wildman–Crippen MR) is 55.0 cm³/mol. The topological polar surface area (TPSA) is 12.5 Å². The Morgan fingerprint density at radius 2 is 1.43 bits per heavy atom. The van der Waals surface area contributed by atoms with E-state index in [1.54, 1.807) is 38.5 Å². The van der Waals surface area contributed by atoms with Crippen LogP contribution in [0.25, 0.3) is 0 Å². The van der Waals surface area contributed by atoms with Crippen LogP contribution in [0, 0.1) is 23.2 Å². The van der Waals surface area contributed by atoms with Crippen molar-refractivity contribution in [1.29, 1.82) is 0 Å². The van der Waals surface area contributed by atoms with Gasteiger partial charge in [0.15, 0.2) is 0 Å². The van der Waals surface area contributed by atoms with E-state index in [-0.39, 0.29) is 0 Å². The lowest BCUT2D eigenvalue weighted by atomic mass is 9.48. The Morgan fingerprint density at radius 3 is 1.86 bits per heavy atom. The second kappa shape index (κ2) is 2.55. The van der Waals surface area contributed by atoms with E-state index in [1.165, 1.54) is 6.42 Å². The Morgan fingerprint density at radius 1 is 0.929 bits per heavy atom. The zero-order valence-electron chi connectivity index (χ0n) is 8.87. The molecule has 0 N–H and O–H groups in total. The smallest absolute Gasteiger partial charge is 0.0815 e. The van der Waals surface area contributed by atoms with E-state index < -0.39 is 0 Å². The molecule has 5 fully saturated rings. The third kappa shape index (κ3) is 1.18. The molecule has 1 atom stereocenters. The Hall–Kier alpha value is -0.0400. The van der Waals surface area contributed by atoms with Gasteiger partial charge in [-0.25, -0.2) is 0 Å². The van der Waals surface area contributed by atoms with Crippen LogP contribution >= 0.6 is 0 Å². The third-order valence-electron chi connectivity index (χ3n) is 5.23. The minimum atomic E-state index is 0.672. The van der Waals surface area contributed by atoms with E-state index in [0.717, 1.165) is 29.8 Å². The predicted octanol–water partition coefficient (Wildman–Crippen LogP) is 2.99. The van der Waals surface area contributed by atoms with E-state index in [1.807, 2.05) is 0 Å². The van der Waals surface area contributed by atoms with Gasteiger partial charge in [0.05, 0.1) is 12.7 Å². The van der Waals surface area contributed by atoms with Crippen molar-refractivity contribution in [2.45, 2.75) is 51.0 Å². The van der Waals surface area contributed by atoms with Gasteiger partial charge in [-0.15, -0.1) is 0 Å². The van der Waals surface area contributed by atoms with Crippen LogP contribution in [0.15, 0.2) is 0 Å². The van der Waals surface area contributed by atoms with Crippen LogP contribution in [0.4, 0.5) is 0 Å². The zero-order valence-corrected chi connectivity index (χ0v) is 8.87. The highest BCUT2D eigenvalue weighted by molar-refractivity contribution is 5.02. The minimum Gasteiger partial charge on any atom is -0.373 e. The normalized spacial score (nSPS) is 59.1. The molecule has 1 heteroatoms. The molecule has 0 spiro atoms. The van der Waals surface area contributed by atoms with Crippen molar-refractivity contribution in [2.75, 3.05) is 6.61 Å². The van der Waals surface area contributed by atoms with Crippen LogP contribution in [-0.2, 0) is 4.74 Å². The van der Waals surface area contributed by atoms with Gasteiger partial charge >= 0.3 is 0 Å². The molecule has 5 rings (SSSR count). The van der Waals surface area contributed by atoms with Crippen molar-refractivity contribution in [3.8, 4) is 0 Å². The first-order chi connectivity index (χ1) is 6.81. The van der Waals surface area contributed by atoms with Crippen molar-refractivity contribution in [1.82, 2.24) is 0 Å². The molecule has 0 amide bonds. The van der Waals surface area contributed by atoms with Gasteiger partial charge in [0.1, 0.15) is 0 Å². The average molecular weight is 192 g/mol. The summed E-state index contributed by atoms with van der Waals surface area (Å²) in [6.45, 7) is 1.07. The number of rotatable bonds is 2. The Labute approximate surface area is 86.2 Å². The maximum Gasteiger partial charge on any atom is 0.0815 e. The van der Waals surface area contributed by atoms with E-state index in [2.05, 4.69) is 0 Å². The van der Waals surface area contributed by atoms with Crippen molar-refractivity contribution < 1.29 is 4.74 Å². The lowest BCUT2D eigenvalue weighted by molar-refractivity contribution is -0.0603. The molecule has 1 heterocycles. The van der Waals surface area contributed by atoms with Gasteiger partial charge in [0.2, 0.25) is 0 Å². The molecule has 0 aromatic carbocycles. The van der Waals surface area contributed by atoms with Crippen LogP contribution in [0.1, 0.15) is 44.9 Å². The molecule has 14 heavy (non-hydrogen) atoms. The summed E-state index contributed by atoms with van der Waals surface area (Å²) in [6, 6.07) is 0. The molecule has 1 saturated heterocycles. The van der Waals surface area contributed by atoms with E-state index in [4.69, 9.17) is 4.74 Å². The Kier molecular flexibility index (Phi) is 1.49. The summed E-state index contributed by atoms with van der Waals surface area (Å²) in [5.41, 5.74) is 0.760. The second-order valence-electron chi connectivity index (χ2n) is 6.58. The molecular weight excluding hydrogens is 172 g/mol. The summed E-state index contributed by atoms with van der Waals surface area (Å²) in [5, 5.41) is 0. The van der Waals surface area contributed by atoms with Crippen molar-refractivity contribution in [2.24, 2.45) is 23.2 Å². The van der Waals surface area contributed by atoms with Crippen LogP contribution in [0.5, 0.6) is 0 Å². The first kappa shape index (κ1) is 8.15. The Bertz CT molecular complexity index is 213. The van der Waals surface area contributed by atoms with Gasteiger partial charge in [-0.2, -0.15) is 0 Å². The highest BCUT2D eigenvalue weighted by Gasteiger charge is 2.52. The number of ether oxygens (including phenoxy) is 1. The van der Waals surface area contributed by atoms with Gasteiger partial charge in [0, 0.05) is 0 Å². The van der Waals surface area contributed by atoms with Crippen LogP contribution in [-0.4, -0.2) is 12.7 Å². The molecule has 78 valence electrons. The first-order valence-corrected chi connectivity index (χ1v) is 6.43. The van der Waals surface area contributed by atoms with Crippen molar-refractivity contribution in [3.05, 3.63) is 0 Å².